The van der Waals surface area contributed by atoms with Crippen LogP contribution in [0.25, 0.3) is 0 Å². The normalized spacial score (nSPS) is 12.0. The maximum Gasteiger partial charge on any atom is 0.232 e. The number of nitrogens with zero attached hydrogens (tertiary/aromatic N) is 1. The highest BCUT2D eigenvalue weighted by molar-refractivity contribution is 7.92. The van der Waals surface area contributed by atoms with Gasteiger partial charge in [0.1, 0.15) is 17.2 Å². The van der Waals surface area contributed by atoms with E-state index in [1.54, 1.807) is 50.6 Å². The van der Waals surface area contributed by atoms with Crippen LogP contribution < -0.4 is 23.8 Å². The third-order valence-corrected chi connectivity index (χ3v) is 6.06. The van der Waals surface area contributed by atoms with Crippen LogP contribution in [0.2, 0.25) is 0 Å². The van der Waals surface area contributed by atoms with Crippen molar-refractivity contribution < 1.29 is 27.4 Å². The van der Waals surface area contributed by atoms with Crippen molar-refractivity contribution in [1.82, 2.24) is 5.32 Å². The van der Waals surface area contributed by atoms with E-state index in [-0.39, 0.29) is 24.9 Å². The van der Waals surface area contributed by atoms with Crippen LogP contribution in [0, 0.1) is 0 Å². The largest absolute Gasteiger partial charge is 0.497 e. The number of amides is 1. The summed E-state index contributed by atoms with van der Waals surface area (Å²) in [5, 5.41) is 2.94. The summed E-state index contributed by atoms with van der Waals surface area (Å²) in [6.07, 6.45) is 1.66. The molecule has 0 aliphatic carbocycles. The summed E-state index contributed by atoms with van der Waals surface area (Å²) in [6, 6.07) is 12.1. The molecule has 1 atom stereocenters. The number of nitrogens with one attached hydrogen (secondary N) is 1. The second-order valence-electron chi connectivity index (χ2n) is 7.24. The zero-order chi connectivity index (χ0) is 23.7. The molecule has 0 bridgehead atoms. The number of para-hydroxylation sites is 2. The van der Waals surface area contributed by atoms with E-state index in [1.807, 2.05) is 19.9 Å². The highest BCUT2D eigenvalue weighted by Gasteiger charge is 2.21. The average Bonchev–Trinajstić information content (AvgIpc) is 2.76. The third kappa shape index (κ3) is 6.78. The van der Waals surface area contributed by atoms with E-state index in [1.165, 1.54) is 4.31 Å². The lowest BCUT2D eigenvalue weighted by Gasteiger charge is -2.24. The van der Waals surface area contributed by atoms with Crippen LogP contribution in [-0.2, 0) is 14.8 Å². The number of hydrogen-bond acceptors (Lipinski definition) is 6. The van der Waals surface area contributed by atoms with Crippen molar-refractivity contribution in [2.75, 3.05) is 37.9 Å². The molecule has 2 aromatic carbocycles. The van der Waals surface area contributed by atoms with Crippen molar-refractivity contribution in [1.29, 1.82) is 0 Å². The topological polar surface area (TPSA) is 94.2 Å². The molecule has 2 rings (SSSR count). The fourth-order valence-corrected chi connectivity index (χ4v) is 4.33. The van der Waals surface area contributed by atoms with Crippen molar-refractivity contribution in [3.63, 3.8) is 0 Å². The fourth-order valence-electron chi connectivity index (χ4n) is 3.36. The summed E-state index contributed by atoms with van der Waals surface area (Å²) in [5.41, 5.74) is 1.26. The molecule has 0 saturated carbocycles. The molecular formula is C23H32N2O6S. The molecule has 1 amide bonds. The van der Waals surface area contributed by atoms with E-state index in [0.717, 1.165) is 11.8 Å². The summed E-state index contributed by atoms with van der Waals surface area (Å²) < 4.78 is 42.3. The molecule has 8 nitrogen and oxygen atoms in total. The Morgan fingerprint density at radius 1 is 1.09 bits per heavy atom. The molecule has 0 radical (unpaired) electrons. The number of methoxy groups -OCH3 is 2. The number of carbonyl (C=O) groups is 1. The van der Waals surface area contributed by atoms with Gasteiger partial charge in [-0.3, -0.25) is 9.10 Å². The molecule has 32 heavy (non-hydrogen) atoms. The van der Waals surface area contributed by atoms with Gasteiger partial charge in [0, 0.05) is 18.5 Å². The highest BCUT2D eigenvalue weighted by atomic mass is 32.2. The predicted molar refractivity (Wildman–Crippen MR) is 125 cm³/mol. The van der Waals surface area contributed by atoms with Crippen molar-refractivity contribution in [2.45, 2.75) is 32.7 Å². The first-order valence-corrected chi connectivity index (χ1v) is 12.3. The Morgan fingerprint density at radius 2 is 1.81 bits per heavy atom. The van der Waals surface area contributed by atoms with Gasteiger partial charge in [-0.2, -0.15) is 0 Å². The number of ether oxygens (including phenoxy) is 3. The monoisotopic (exact) mass is 464 g/mol. The lowest BCUT2D eigenvalue weighted by molar-refractivity contribution is -0.121. The van der Waals surface area contributed by atoms with Crippen LogP contribution in [0.15, 0.2) is 42.5 Å². The first-order chi connectivity index (χ1) is 15.2. The summed E-state index contributed by atoms with van der Waals surface area (Å²) in [5.74, 6) is 1.62. The van der Waals surface area contributed by atoms with Gasteiger partial charge in [-0.05, 0) is 50.6 Å². The van der Waals surface area contributed by atoms with Gasteiger partial charge in [0.2, 0.25) is 15.9 Å². The number of sulfonamides is 1. The molecular weight excluding hydrogens is 432 g/mol. The molecule has 0 fully saturated rings. The number of carbonyl (C=O) groups excluding carboxylic acids is 1. The van der Waals surface area contributed by atoms with Gasteiger partial charge in [0.15, 0.2) is 0 Å². The number of anilines is 1. The van der Waals surface area contributed by atoms with Crippen LogP contribution in [0.4, 0.5) is 5.69 Å². The molecule has 2 aromatic rings. The van der Waals surface area contributed by atoms with E-state index < -0.39 is 10.0 Å². The van der Waals surface area contributed by atoms with Crippen LogP contribution in [-0.4, -0.2) is 48.0 Å². The van der Waals surface area contributed by atoms with E-state index in [9.17, 15) is 13.2 Å². The van der Waals surface area contributed by atoms with E-state index in [2.05, 4.69) is 5.32 Å². The Morgan fingerprint density at radius 3 is 2.44 bits per heavy atom. The van der Waals surface area contributed by atoms with Gasteiger partial charge < -0.3 is 19.5 Å². The Kier molecular flexibility index (Phi) is 9.19. The van der Waals surface area contributed by atoms with Crippen LogP contribution in [0.3, 0.4) is 0 Å². The molecule has 0 heterocycles. The molecule has 9 heteroatoms. The number of benzene rings is 2. The predicted octanol–water partition coefficient (Wildman–Crippen LogP) is 3.53. The van der Waals surface area contributed by atoms with Crippen molar-refractivity contribution in [2.24, 2.45) is 0 Å². The molecule has 0 aliphatic heterocycles. The highest BCUT2D eigenvalue weighted by Crippen LogP contribution is 2.31. The van der Waals surface area contributed by atoms with Crippen LogP contribution >= 0.6 is 0 Å². The second-order valence-corrected chi connectivity index (χ2v) is 9.14. The van der Waals surface area contributed by atoms with Crippen molar-refractivity contribution in [3.8, 4) is 17.2 Å². The van der Waals surface area contributed by atoms with E-state index in [4.69, 9.17) is 14.2 Å². The maximum atomic E-state index is 12.5. The first-order valence-electron chi connectivity index (χ1n) is 10.4. The van der Waals surface area contributed by atoms with Crippen molar-refractivity contribution >= 4 is 21.6 Å². The summed E-state index contributed by atoms with van der Waals surface area (Å²) in [6.45, 7) is 4.27. The first kappa shape index (κ1) is 25.3. The van der Waals surface area contributed by atoms with Gasteiger partial charge in [-0.15, -0.1) is 0 Å². The molecule has 0 aromatic heterocycles. The minimum atomic E-state index is -3.55. The molecule has 0 saturated heterocycles. The zero-order valence-corrected chi connectivity index (χ0v) is 20.1. The van der Waals surface area contributed by atoms with Gasteiger partial charge in [0.25, 0.3) is 0 Å². The zero-order valence-electron chi connectivity index (χ0n) is 19.3. The molecule has 0 aliphatic rings. The molecule has 176 valence electrons. The van der Waals surface area contributed by atoms with E-state index in [0.29, 0.717) is 36.0 Å². The Bertz CT molecular complexity index is 1010. The Labute approximate surface area is 190 Å². The smallest absolute Gasteiger partial charge is 0.232 e. The summed E-state index contributed by atoms with van der Waals surface area (Å²) >= 11 is 0. The Hall–Kier alpha value is -2.94. The van der Waals surface area contributed by atoms with E-state index >= 15 is 0 Å². The minimum absolute atomic E-state index is 0.160. The molecule has 0 spiro atoms. The molecule has 1 N–H and O–H groups in total. The van der Waals surface area contributed by atoms with Gasteiger partial charge in [-0.1, -0.05) is 12.1 Å². The molecule has 1 unspecified atom stereocenters. The van der Waals surface area contributed by atoms with Crippen LogP contribution in [0.5, 0.6) is 17.2 Å². The third-order valence-electron chi connectivity index (χ3n) is 4.88. The van der Waals surface area contributed by atoms with Gasteiger partial charge in [0.05, 0.1) is 38.8 Å². The Balaban J connectivity index is 2.04. The maximum absolute atomic E-state index is 12.5. The lowest BCUT2D eigenvalue weighted by Crippen LogP contribution is -2.33. The van der Waals surface area contributed by atoms with Crippen LogP contribution in [0.1, 0.15) is 38.3 Å². The second kappa shape index (κ2) is 11.6. The number of rotatable bonds is 12. The lowest BCUT2D eigenvalue weighted by atomic mass is 10.1. The van der Waals surface area contributed by atoms with Crippen molar-refractivity contribution in [3.05, 3.63) is 48.0 Å². The fraction of sp³-hybridized carbons (Fsp3) is 0.435. The summed E-state index contributed by atoms with van der Waals surface area (Å²) in [7, 11) is -0.404. The summed E-state index contributed by atoms with van der Waals surface area (Å²) in [4.78, 5) is 12.5. The number of hydrogen-bond donors (Lipinski definition) is 1. The quantitative estimate of drug-likeness (QED) is 0.517. The standard InChI is InChI=1S/C23H32N2O6S/c1-6-31-22-11-8-7-10-20(22)25(32(5,27)28)15-9-12-23(26)24-17(2)19-16-18(29-3)13-14-21(19)30-4/h7-8,10-11,13-14,16-17H,6,9,12,15H2,1-5H3,(H,24,26). The SMILES string of the molecule is CCOc1ccccc1N(CCCC(=O)NC(C)c1cc(OC)ccc1OC)S(C)(=O)=O. The average molecular weight is 465 g/mol. The van der Waals surface area contributed by atoms with Gasteiger partial charge in [-0.25, -0.2) is 8.42 Å². The minimum Gasteiger partial charge on any atom is -0.497 e. The van der Waals surface area contributed by atoms with Gasteiger partial charge >= 0.3 is 0 Å².